The molecule has 11 nitrogen and oxygen atoms in total. The van der Waals surface area contributed by atoms with Crippen molar-refractivity contribution < 1.29 is 49.4 Å². The number of hydrogen-bond donors (Lipinski definition) is 6. The zero-order chi connectivity index (χ0) is 28.4. The lowest BCUT2D eigenvalue weighted by Gasteiger charge is -2.49. The number of nitrogens with two attached hydrogens (primary N) is 1. The molecule has 11 heteroatoms. The van der Waals surface area contributed by atoms with Gasteiger partial charge in [-0.1, -0.05) is 30.3 Å². The second kappa shape index (κ2) is 8.93. The van der Waals surface area contributed by atoms with Gasteiger partial charge in [-0.25, -0.2) is 4.79 Å². The zero-order valence-corrected chi connectivity index (χ0v) is 20.4. The first-order chi connectivity index (χ1) is 18.4. The smallest absolute Gasteiger partial charge is 0.337 e. The van der Waals surface area contributed by atoms with Crippen molar-refractivity contribution in [3.63, 3.8) is 0 Å². The normalized spacial score (nSPS) is 27.2. The second-order valence-corrected chi connectivity index (χ2v) is 9.56. The Hall–Kier alpha value is -4.74. The molecule has 7 N–H and O–H groups in total. The van der Waals surface area contributed by atoms with Crippen LogP contribution in [-0.4, -0.2) is 67.8 Å². The number of aliphatic hydroxyl groups is 4. The molecule has 5 rings (SSSR count). The van der Waals surface area contributed by atoms with Crippen LogP contribution >= 0.6 is 0 Å². The van der Waals surface area contributed by atoms with Crippen LogP contribution in [-0.2, 0) is 14.3 Å². The van der Waals surface area contributed by atoms with Gasteiger partial charge in [0.1, 0.15) is 22.8 Å². The van der Waals surface area contributed by atoms with Crippen LogP contribution in [0.1, 0.15) is 38.3 Å². The number of benzene rings is 2. The van der Waals surface area contributed by atoms with Crippen molar-refractivity contribution in [3.8, 4) is 5.75 Å². The van der Waals surface area contributed by atoms with Crippen molar-refractivity contribution in [1.82, 2.24) is 0 Å². The van der Waals surface area contributed by atoms with Gasteiger partial charge in [-0.2, -0.15) is 0 Å². The van der Waals surface area contributed by atoms with E-state index >= 15 is 0 Å². The number of hydrogen-bond acceptors (Lipinski definition) is 10. The Bertz CT molecular complexity index is 1570. The number of rotatable bonds is 3. The van der Waals surface area contributed by atoms with Crippen LogP contribution < -0.4 is 5.73 Å². The van der Waals surface area contributed by atoms with Crippen molar-refractivity contribution in [1.29, 1.82) is 0 Å². The molecular weight excluding hydrogens is 510 g/mol. The van der Waals surface area contributed by atoms with E-state index in [0.717, 1.165) is 0 Å². The molecule has 39 heavy (non-hydrogen) atoms. The van der Waals surface area contributed by atoms with E-state index in [2.05, 4.69) is 0 Å². The van der Waals surface area contributed by atoms with Gasteiger partial charge in [0.25, 0.3) is 5.91 Å². The first kappa shape index (κ1) is 25.9. The fourth-order valence-corrected chi connectivity index (χ4v) is 5.70. The molecule has 0 radical (unpaired) electrons. The van der Waals surface area contributed by atoms with Crippen LogP contribution in [0.25, 0.3) is 11.6 Å². The van der Waals surface area contributed by atoms with E-state index in [0.29, 0.717) is 5.56 Å². The molecule has 3 aliphatic carbocycles. The van der Waals surface area contributed by atoms with Crippen molar-refractivity contribution in [2.24, 2.45) is 17.6 Å². The van der Waals surface area contributed by atoms with Crippen molar-refractivity contribution in [2.45, 2.75) is 18.1 Å². The van der Waals surface area contributed by atoms with Gasteiger partial charge >= 0.3 is 5.97 Å². The lowest BCUT2D eigenvalue weighted by atomic mass is 9.57. The average molecular weight is 533 g/mol. The number of methoxy groups -OCH3 is 1. The van der Waals surface area contributed by atoms with Gasteiger partial charge in [-0.15, -0.1) is 0 Å². The molecule has 200 valence electrons. The second-order valence-electron chi connectivity index (χ2n) is 9.56. The lowest BCUT2D eigenvalue weighted by molar-refractivity contribution is -0.152. The molecule has 2 aromatic carbocycles. The average Bonchev–Trinajstić information content (AvgIpc) is 2.90. The maximum Gasteiger partial charge on any atom is 0.337 e. The largest absolute Gasteiger partial charge is 0.511 e. The Morgan fingerprint density at radius 3 is 2.36 bits per heavy atom. The molecule has 2 aromatic rings. The topological polar surface area (TPSA) is 205 Å². The Kier molecular flexibility index (Phi) is 5.93. The van der Waals surface area contributed by atoms with Crippen molar-refractivity contribution >= 4 is 35.1 Å². The molecule has 0 saturated heterocycles. The SMILES string of the molecule is COC(=O)c1ccc(/C=C2\c3cccc(O)c3C(=O)C3=C(O)[C@]4(O)C(=O)C(C(N)=O)=C(O)C[C@@H]4[C@@H](O)[C@@H]32)cc1. The van der Waals surface area contributed by atoms with Gasteiger partial charge in [-0.05, 0) is 34.9 Å². The third kappa shape index (κ3) is 3.58. The molecule has 1 amide bonds. The molecule has 3 aliphatic rings. The molecule has 0 fully saturated rings. The number of Topliss-reactive ketones (excluding diaryl/α,β-unsaturated/α-hetero) is 2. The number of carbonyl (C=O) groups excluding carboxylic acids is 4. The summed E-state index contributed by atoms with van der Waals surface area (Å²) in [4.78, 5) is 50.5. The Labute approximate surface area is 220 Å². The third-order valence-electron chi connectivity index (χ3n) is 7.55. The highest BCUT2D eigenvalue weighted by molar-refractivity contribution is 6.25. The zero-order valence-electron chi connectivity index (χ0n) is 20.4. The summed E-state index contributed by atoms with van der Waals surface area (Å²) in [5.41, 5.74) is 1.79. The first-order valence-electron chi connectivity index (χ1n) is 11.8. The van der Waals surface area contributed by atoms with Crippen LogP contribution in [0.2, 0.25) is 0 Å². The summed E-state index contributed by atoms with van der Waals surface area (Å²) < 4.78 is 4.70. The standard InChI is InChI=1S/C28H23NO10/c1-39-27(37)12-7-5-11(6-8-12)9-14-13-3-2-4-16(30)18(13)23(33)21-19(14)22(32)15-10-17(31)20(26(29)36)24(34)28(15,38)25(21)35/h2-9,15,19,22,30-32,35,38H,10H2,1H3,(H2,29,36)/b14-9+/t15-,19-,22-,28-/m1/s1. The van der Waals surface area contributed by atoms with E-state index in [9.17, 15) is 44.7 Å². The van der Waals surface area contributed by atoms with Crippen molar-refractivity contribution in [3.05, 3.63) is 87.4 Å². The lowest BCUT2D eigenvalue weighted by Crippen LogP contribution is -2.62. The molecule has 0 heterocycles. The minimum absolute atomic E-state index is 0.225. The Morgan fingerprint density at radius 1 is 1.08 bits per heavy atom. The highest BCUT2D eigenvalue weighted by Crippen LogP contribution is 2.55. The van der Waals surface area contributed by atoms with Gasteiger partial charge in [-0.3, -0.25) is 14.4 Å². The number of primary amides is 1. The van der Waals surface area contributed by atoms with Crippen LogP contribution in [0.3, 0.4) is 0 Å². The van der Waals surface area contributed by atoms with Gasteiger partial charge in [0.2, 0.25) is 5.78 Å². The van der Waals surface area contributed by atoms with Gasteiger partial charge in [0, 0.05) is 18.3 Å². The van der Waals surface area contributed by atoms with Gasteiger partial charge in [0.05, 0.1) is 29.9 Å². The number of ether oxygens (including phenoxy) is 1. The van der Waals surface area contributed by atoms with E-state index in [-0.39, 0.29) is 22.3 Å². The highest BCUT2D eigenvalue weighted by atomic mass is 16.5. The minimum atomic E-state index is -2.94. The first-order valence-corrected chi connectivity index (χ1v) is 11.8. The van der Waals surface area contributed by atoms with Gasteiger partial charge < -0.3 is 36.0 Å². The quantitative estimate of drug-likeness (QED) is 0.247. The molecule has 0 aliphatic heterocycles. The highest BCUT2D eigenvalue weighted by Gasteiger charge is 2.63. The number of amides is 1. The molecule has 0 saturated carbocycles. The summed E-state index contributed by atoms with van der Waals surface area (Å²) >= 11 is 0. The molecule has 0 aromatic heterocycles. The number of allylic oxidation sites excluding steroid dienone is 1. The van der Waals surface area contributed by atoms with E-state index < -0.39 is 81.8 Å². The number of carbonyl (C=O) groups is 4. The number of aliphatic hydroxyl groups excluding tert-OH is 3. The van der Waals surface area contributed by atoms with Crippen LogP contribution in [0, 0.1) is 11.8 Å². The fraction of sp³-hybridized carbons (Fsp3) is 0.214. The maximum atomic E-state index is 13.6. The number of aromatic hydroxyl groups is 1. The van der Waals surface area contributed by atoms with E-state index in [1.165, 1.54) is 37.4 Å². The predicted molar refractivity (Wildman–Crippen MR) is 134 cm³/mol. The molecule has 0 unspecified atom stereocenters. The fourth-order valence-electron chi connectivity index (χ4n) is 5.70. The number of ketones is 2. The minimum Gasteiger partial charge on any atom is -0.511 e. The van der Waals surface area contributed by atoms with Crippen LogP contribution in [0.15, 0.2) is 65.1 Å². The van der Waals surface area contributed by atoms with E-state index in [1.54, 1.807) is 18.2 Å². The number of phenolic OH excluding ortho intramolecular Hbond substituents is 1. The Balaban J connectivity index is 1.76. The summed E-state index contributed by atoms with van der Waals surface area (Å²) in [6.45, 7) is 0. The number of fused-ring (bicyclic) bond motifs is 3. The molecule has 0 spiro atoms. The number of phenols is 1. The summed E-state index contributed by atoms with van der Waals surface area (Å²) in [6.07, 6.45) is -0.758. The predicted octanol–water partition coefficient (Wildman–Crippen LogP) is 1.34. The molecule has 4 atom stereocenters. The summed E-state index contributed by atoms with van der Waals surface area (Å²) in [7, 11) is 1.24. The maximum absolute atomic E-state index is 13.6. The number of esters is 1. The van der Waals surface area contributed by atoms with E-state index in [1.807, 2.05) is 0 Å². The molecule has 0 bridgehead atoms. The van der Waals surface area contributed by atoms with Crippen LogP contribution in [0.5, 0.6) is 5.75 Å². The van der Waals surface area contributed by atoms with Crippen molar-refractivity contribution in [2.75, 3.05) is 7.11 Å². The van der Waals surface area contributed by atoms with Gasteiger partial charge in [0.15, 0.2) is 11.4 Å². The van der Waals surface area contributed by atoms with E-state index in [4.69, 9.17) is 10.5 Å². The summed E-state index contributed by atoms with van der Waals surface area (Å²) in [5, 5.41) is 55.2. The summed E-state index contributed by atoms with van der Waals surface area (Å²) in [6, 6.07) is 10.4. The molecular formula is C28H23NO10. The Morgan fingerprint density at radius 2 is 1.74 bits per heavy atom. The third-order valence-corrected chi connectivity index (χ3v) is 7.55. The monoisotopic (exact) mass is 533 g/mol. The van der Waals surface area contributed by atoms with Crippen LogP contribution in [0.4, 0.5) is 0 Å². The summed E-state index contributed by atoms with van der Waals surface area (Å²) in [5.74, 6) is -9.49.